The number of likely N-dealkylation sites (tertiary alicyclic amines) is 1. The van der Waals surface area contributed by atoms with Crippen molar-refractivity contribution in [2.45, 2.75) is 38.7 Å². The molecule has 1 aliphatic heterocycles. The van der Waals surface area contributed by atoms with E-state index >= 15 is 0 Å². The molecule has 1 amide bonds. The van der Waals surface area contributed by atoms with Crippen LogP contribution >= 0.6 is 0 Å². The number of amides is 1. The Bertz CT molecular complexity index is 763. The van der Waals surface area contributed by atoms with Gasteiger partial charge in [-0.1, -0.05) is 30.3 Å². The van der Waals surface area contributed by atoms with Gasteiger partial charge < -0.3 is 14.1 Å². The minimum atomic E-state index is -0.416. The summed E-state index contributed by atoms with van der Waals surface area (Å²) in [5.74, 6) is 1.21. The van der Waals surface area contributed by atoms with E-state index in [1.165, 1.54) is 11.6 Å². The van der Waals surface area contributed by atoms with Crippen LogP contribution < -0.4 is 10.4 Å². The van der Waals surface area contributed by atoms with Gasteiger partial charge in [-0.15, -0.1) is 0 Å². The van der Waals surface area contributed by atoms with Crippen molar-refractivity contribution in [3.8, 4) is 5.75 Å². The standard InChI is InChI=1S/C20H23NO4/c1-15-11-17(12-20(23)24-15)25-18-13-21(14-18)19(22)10-6-5-9-16-7-3-2-4-8-16/h2-4,7-8,11-12,18H,5-6,9-10,13-14H2,1H3. The third-order valence-electron chi connectivity index (χ3n) is 4.32. The van der Waals surface area contributed by atoms with E-state index in [-0.39, 0.29) is 12.0 Å². The lowest BCUT2D eigenvalue weighted by Crippen LogP contribution is -2.56. The van der Waals surface area contributed by atoms with Crippen molar-refractivity contribution < 1.29 is 13.9 Å². The maximum Gasteiger partial charge on any atom is 0.339 e. The van der Waals surface area contributed by atoms with Gasteiger partial charge in [-0.05, 0) is 31.7 Å². The van der Waals surface area contributed by atoms with Crippen LogP contribution in [0.3, 0.4) is 0 Å². The molecule has 0 spiro atoms. The molecule has 5 nitrogen and oxygen atoms in total. The summed E-state index contributed by atoms with van der Waals surface area (Å²) in [6.45, 7) is 2.87. The van der Waals surface area contributed by atoms with E-state index in [1.54, 1.807) is 13.0 Å². The number of nitrogens with zero attached hydrogens (tertiary/aromatic N) is 1. The molecule has 132 valence electrons. The molecule has 3 rings (SSSR count). The highest BCUT2D eigenvalue weighted by molar-refractivity contribution is 5.77. The van der Waals surface area contributed by atoms with Crippen LogP contribution in [0.1, 0.15) is 30.6 Å². The van der Waals surface area contributed by atoms with Crippen LogP contribution in [0.2, 0.25) is 0 Å². The van der Waals surface area contributed by atoms with Gasteiger partial charge in [0.25, 0.3) is 0 Å². The Balaban J connectivity index is 1.34. The lowest BCUT2D eigenvalue weighted by molar-refractivity contribution is -0.140. The van der Waals surface area contributed by atoms with Crippen LogP contribution in [0.15, 0.2) is 51.7 Å². The molecular weight excluding hydrogens is 318 g/mol. The minimum absolute atomic E-state index is 0.0468. The van der Waals surface area contributed by atoms with Crippen LogP contribution in [0.25, 0.3) is 0 Å². The van der Waals surface area contributed by atoms with Crippen molar-refractivity contribution in [3.63, 3.8) is 0 Å². The maximum absolute atomic E-state index is 12.1. The zero-order valence-corrected chi connectivity index (χ0v) is 14.4. The third kappa shape index (κ3) is 4.95. The van der Waals surface area contributed by atoms with E-state index in [9.17, 15) is 9.59 Å². The molecule has 0 N–H and O–H groups in total. The summed E-state index contributed by atoms with van der Waals surface area (Å²) >= 11 is 0. The fraction of sp³-hybridized carbons (Fsp3) is 0.400. The molecule has 2 heterocycles. The zero-order valence-electron chi connectivity index (χ0n) is 14.4. The topological polar surface area (TPSA) is 59.8 Å². The normalized spacial score (nSPS) is 14.2. The molecule has 25 heavy (non-hydrogen) atoms. The second kappa shape index (κ2) is 8.01. The Morgan fingerprint density at radius 1 is 1.20 bits per heavy atom. The highest BCUT2D eigenvalue weighted by atomic mass is 16.5. The third-order valence-corrected chi connectivity index (χ3v) is 4.32. The smallest absolute Gasteiger partial charge is 0.339 e. The van der Waals surface area contributed by atoms with E-state index in [4.69, 9.17) is 9.15 Å². The number of carbonyl (C=O) groups is 1. The van der Waals surface area contributed by atoms with Crippen molar-refractivity contribution in [1.82, 2.24) is 4.90 Å². The molecule has 0 radical (unpaired) electrons. The van der Waals surface area contributed by atoms with E-state index in [0.717, 1.165) is 19.3 Å². The molecule has 0 bridgehead atoms. The van der Waals surface area contributed by atoms with Crippen molar-refractivity contribution in [2.75, 3.05) is 13.1 Å². The Morgan fingerprint density at radius 3 is 2.68 bits per heavy atom. The number of rotatable bonds is 7. The summed E-state index contributed by atoms with van der Waals surface area (Å²) in [6.07, 6.45) is 3.45. The quantitative estimate of drug-likeness (QED) is 0.727. The average Bonchev–Trinajstić information content (AvgIpc) is 2.54. The van der Waals surface area contributed by atoms with Crippen LogP contribution in [-0.2, 0) is 11.2 Å². The molecule has 1 aromatic heterocycles. The van der Waals surface area contributed by atoms with E-state index < -0.39 is 5.63 Å². The molecule has 0 unspecified atom stereocenters. The molecule has 1 aromatic carbocycles. The molecular formula is C20H23NO4. The molecule has 2 aromatic rings. The summed E-state index contributed by atoms with van der Waals surface area (Å²) in [6, 6.07) is 13.4. The van der Waals surface area contributed by atoms with Crippen LogP contribution in [0.4, 0.5) is 0 Å². The number of ether oxygens (including phenoxy) is 1. The first-order valence-corrected chi connectivity index (χ1v) is 8.70. The van der Waals surface area contributed by atoms with Gasteiger partial charge in [0.15, 0.2) is 0 Å². The number of aryl methyl sites for hydroxylation is 2. The van der Waals surface area contributed by atoms with Crippen LogP contribution in [0, 0.1) is 6.92 Å². The van der Waals surface area contributed by atoms with Gasteiger partial charge in [0.2, 0.25) is 5.91 Å². The second-order valence-electron chi connectivity index (χ2n) is 6.45. The minimum Gasteiger partial charge on any atom is -0.486 e. The number of carbonyl (C=O) groups excluding carboxylic acids is 1. The van der Waals surface area contributed by atoms with E-state index in [0.29, 0.717) is 31.0 Å². The molecule has 0 saturated carbocycles. The fourth-order valence-corrected chi connectivity index (χ4v) is 2.96. The molecule has 0 aliphatic carbocycles. The predicted octanol–water partition coefficient (Wildman–Crippen LogP) is 2.95. The second-order valence-corrected chi connectivity index (χ2v) is 6.45. The highest BCUT2D eigenvalue weighted by Gasteiger charge is 2.31. The van der Waals surface area contributed by atoms with Crippen molar-refractivity contribution in [3.05, 3.63) is 64.2 Å². The lowest BCUT2D eigenvalue weighted by atomic mass is 10.1. The zero-order chi connectivity index (χ0) is 17.6. The van der Waals surface area contributed by atoms with Gasteiger partial charge in [0, 0.05) is 12.5 Å². The Kier molecular flexibility index (Phi) is 5.53. The summed E-state index contributed by atoms with van der Waals surface area (Å²) in [4.78, 5) is 25.3. The summed E-state index contributed by atoms with van der Waals surface area (Å²) in [5.41, 5.74) is 0.899. The summed E-state index contributed by atoms with van der Waals surface area (Å²) in [7, 11) is 0. The molecule has 1 fully saturated rings. The predicted molar refractivity (Wildman–Crippen MR) is 94.7 cm³/mol. The first-order chi connectivity index (χ1) is 12.1. The highest BCUT2D eigenvalue weighted by Crippen LogP contribution is 2.19. The van der Waals surface area contributed by atoms with Gasteiger partial charge in [-0.2, -0.15) is 0 Å². The van der Waals surface area contributed by atoms with E-state index in [2.05, 4.69) is 12.1 Å². The number of unbranched alkanes of at least 4 members (excludes halogenated alkanes) is 1. The monoisotopic (exact) mass is 341 g/mol. The molecule has 0 atom stereocenters. The van der Waals surface area contributed by atoms with Crippen LogP contribution in [-0.4, -0.2) is 30.0 Å². The Hall–Kier alpha value is -2.56. The number of hydrogen-bond donors (Lipinski definition) is 0. The average molecular weight is 341 g/mol. The largest absolute Gasteiger partial charge is 0.486 e. The molecule has 1 saturated heterocycles. The number of benzene rings is 1. The van der Waals surface area contributed by atoms with Crippen LogP contribution in [0.5, 0.6) is 5.75 Å². The molecule has 5 heteroatoms. The maximum atomic E-state index is 12.1. The SMILES string of the molecule is Cc1cc(OC2CN(C(=O)CCCCc3ccccc3)C2)cc(=O)o1. The van der Waals surface area contributed by atoms with Gasteiger partial charge in [-0.25, -0.2) is 4.79 Å². The van der Waals surface area contributed by atoms with Crippen molar-refractivity contribution in [1.29, 1.82) is 0 Å². The van der Waals surface area contributed by atoms with Gasteiger partial charge >= 0.3 is 5.63 Å². The fourth-order valence-electron chi connectivity index (χ4n) is 2.96. The van der Waals surface area contributed by atoms with Gasteiger partial charge in [0.05, 0.1) is 19.2 Å². The van der Waals surface area contributed by atoms with Gasteiger partial charge in [0.1, 0.15) is 17.6 Å². The van der Waals surface area contributed by atoms with Crippen molar-refractivity contribution in [2.24, 2.45) is 0 Å². The Morgan fingerprint density at radius 2 is 1.96 bits per heavy atom. The summed E-state index contributed by atoms with van der Waals surface area (Å²) < 4.78 is 10.6. The first-order valence-electron chi connectivity index (χ1n) is 8.70. The van der Waals surface area contributed by atoms with Crippen molar-refractivity contribution >= 4 is 5.91 Å². The number of hydrogen-bond acceptors (Lipinski definition) is 4. The van der Waals surface area contributed by atoms with Gasteiger partial charge in [-0.3, -0.25) is 4.79 Å². The lowest BCUT2D eigenvalue weighted by Gasteiger charge is -2.39. The summed E-state index contributed by atoms with van der Waals surface area (Å²) in [5, 5.41) is 0. The van der Waals surface area contributed by atoms with E-state index in [1.807, 2.05) is 23.1 Å². The first kappa shape index (κ1) is 17.3. The Labute approximate surface area is 147 Å². The molecule has 1 aliphatic rings.